The molecule has 2 aromatic carbocycles. The van der Waals surface area contributed by atoms with Crippen LogP contribution in [0, 0.1) is 5.92 Å². The van der Waals surface area contributed by atoms with Crippen molar-refractivity contribution in [1.82, 2.24) is 20.4 Å². The number of benzene rings is 2. The van der Waals surface area contributed by atoms with Gasteiger partial charge in [-0.25, -0.2) is 4.79 Å². The fourth-order valence-corrected chi connectivity index (χ4v) is 4.21. The van der Waals surface area contributed by atoms with E-state index in [-0.39, 0.29) is 6.03 Å². The largest absolute Gasteiger partial charge is 0.494 e. The van der Waals surface area contributed by atoms with Crippen molar-refractivity contribution in [2.45, 2.75) is 47.1 Å². The molecular formula is C28H34N4O4. The van der Waals surface area contributed by atoms with Crippen molar-refractivity contribution >= 4 is 11.6 Å². The van der Waals surface area contributed by atoms with Crippen LogP contribution in [0.2, 0.25) is 0 Å². The topological polar surface area (TPSA) is 89.7 Å². The molecule has 1 aliphatic heterocycles. The van der Waals surface area contributed by atoms with Crippen LogP contribution < -0.4 is 14.8 Å². The molecule has 0 fully saturated rings. The summed E-state index contributed by atoms with van der Waals surface area (Å²) in [4.78, 5) is 19.6. The van der Waals surface area contributed by atoms with Gasteiger partial charge in [0.1, 0.15) is 11.5 Å². The van der Waals surface area contributed by atoms with Crippen molar-refractivity contribution in [1.29, 1.82) is 0 Å². The van der Waals surface area contributed by atoms with Crippen molar-refractivity contribution in [2.24, 2.45) is 5.92 Å². The Morgan fingerprint density at radius 1 is 1.00 bits per heavy atom. The van der Waals surface area contributed by atoms with Crippen LogP contribution in [0.1, 0.15) is 58.5 Å². The Bertz CT molecular complexity index is 1200. The van der Waals surface area contributed by atoms with E-state index in [0.717, 1.165) is 40.3 Å². The van der Waals surface area contributed by atoms with Crippen molar-refractivity contribution in [3.63, 3.8) is 0 Å². The molecule has 0 spiro atoms. The monoisotopic (exact) mass is 490 g/mol. The summed E-state index contributed by atoms with van der Waals surface area (Å²) >= 11 is 0. The van der Waals surface area contributed by atoms with E-state index in [4.69, 9.17) is 19.0 Å². The van der Waals surface area contributed by atoms with E-state index in [1.807, 2.05) is 69.3 Å². The van der Waals surface area contributed by atoms with E-state index in [1.165, 1.54) is 0 Å². The number of nitrogens with zero attached hydrogens (tertiary/aromatic N) is 3. The van der Waals surface area contributed by atoms with Gasteiger partial charge in [0.2, 0.25) is 5.82 Å². The molecule has 0 aliphatic carbocycles. The first-order valence-corrected chi connectivity index (χ1v) is 12.5. The Hall–Kier alpha value is -3.81. The minimum atomic E-state index is -0.433. The van der Waals surface area contributed by atoms with Gasteiger partial charge in [-0.05, 0) is 75.1 Å². The maximum Gasteiger partial charge on any atom is 0.322 e. The third kappa shape index (κ3) is 5.53. The normalized spacial score (nSPS) is 15.9. The molecule has 0 radical (unpaired) electrons. The number of aromatic nitrogens is 2. The summed E-state index contributed by atoms with van der Waals surface area (Å²) in [6.07, 6.45) is 0.882. The van der Waals surface area contributed by atoms with Crippen LogP contribution in [0.4, 0.5) is 4.79 Å². The molecule has 190 valence electrons. The zero-order valence-corrected chi connectivity index (χ0v) is 21.6. The molecule has 1 atom stereocenters. The molecule has 8 nitrogen and oxygen atoms in total. The zero-order valence-electron chi connectivity index (χ0n) is 21.6. The van der Waals surface area contributed by atoms with Gasteiger partial charge in [-0.2, -0.15) is 4.98 Å². The summed E-state index contributed by atoms with van der Waals surface area (Å²) in [6, 6.07) is 14.7. The van der Waals surface area contributed by atoms with Gasteiger partial charge in [0, 0.05) is 17.8 Å². The van der Waals surface area contributed by atoms with Crippen LogP contribution in [0.3, 0.4) is 0 Å². The molecule has 4 rings (SSSR count). The smallest absolute Gasteiger partial charge is 0.322 e. The van der Waals surface area contributed by atoms with Crippen molar-refractivity contribution in [2.75, 3.05) is 19.8 Å². The van der Waals surface area contributed by atoms with Crippen LogP contribution in [-0.2, 0) is 0 Å². The summed E-state index contributed by atoms with van der Waals surface area (Å²) < 4.78 is 16.9. The van der Waals surface area contributed by atoms with Crippen molar-refractivity contribution < 1.29 is 18.8 Å². The van der Waals surface area contributed by atoms with Gasteiger partial charge in [0.15, 0.2) is 0 Å². The zero-order chi connectivity index (χ0) is 25.7. The summed E-state index contributed by atoms with van der Waals surface area (Å²) in [7, 11) is 0. The highest BCUT2D eigenvalue weighted by Crippen LogP contribution is 2.38. The quantitative estimate of drug-likeness (QED) is 0.371. The van der Waals surface area contributed by atoms with Crippen LogP contribution in [-0.4, -0.2) is 40.8 Å². The maximum atomic E-state index is 13.1. The lowest BCUT2D eigenvalue weighted by Gasteiger charge is -2.35. The molecule has 1 aliphatic rings. The fourth-order valence-electron chi connectivity index (χ4n) is 4.21. The lowest BCUT2D eigenvalue weighted by molar-refractivity contribution is 0.202. The molecule has 0 bridgehead atoms. The molecule has 2 heterocycles. The van der Waals surface area contributed by atoms with E-state index in [9.17, 15) is 4.79 Å². The van der Waals surface area contributed by atoms with Gasteiger partial charge in [0.25, 0.3) is 5.89 Å². The minimum absolute atomic E-state index is 0.137. The second kappa shape index (κ2) is 11.3. The molecule has 2 amide bonds. The van der Waals surface area contributed by atoms with E-state index < -0.39 is 6.04 Å². The number of hydrogen-bond donors (Lipinski definition) is 1. The van der Waals surface area contributed by atoms with Crippen LogP contribution in [0.15, 0.2) is 58.8 Å². The number of urea groups is 1. The van der Waals surface area contributed by atoms with Crippen LogP contribution >= 0.6 is 0 Å². The minimum Gasteiger partial charge on any atom is -0.494 e. The Labute approximate surface area is 212 Å². The number of ether oxygens (including phenoxy) is 2. The Kier molecular flexibility index (Phi) is 7.93. The second-order valence-corrected chi connectivity index (χ2v) is 9.10. The highest BCUT2D eigenvalue weighted by Gasteiger charge is 2.35. The van der Waals surface area contributed by atoms with E-state index in [2.05, 4.69) is 24.3 Å². The SMILES string of the molecule is CCOc1ccc(-c2noc(C3=C(C)N(CCC(C)C)C(=O)NC3c3ccc(OCC)cc3)n2)cc1. The van der Waals surface area contributed by atoms with Gasteiger partial charge in [0.05, 0.1) is 24.8 Å². The van der Waals surface area contributed by atoms with E-state index >= 15 is 0 Å². The molecular weight excluding hydrogens is 456 g/mol. The average Bonchev–Trinajstić information content (AvgIpc) is 3.34. The predicted molar refractivity (Wildman–Crippen MR) is 139 cm³/mol. The first-order valence-electron chi connectivity index (χ1n) is 12.5. The highest BCUT2D eigenvalue weighted by molar-refractivity contribution is 5.86. The number of allylic oxidation sites excluding steroid dienone is 1. The number of nitrogens with one attached hydrogen (secondary N) is 1. The van der Waals surface area contributed by atoms with Gasteiger partial charge in [-0.3, -0.25) is 4.90 Å². The molecule has 1 N–H and O–H groups in total. The molecule has 3 aromatic rings. The summed E-state index contributed by atoms with van der Waals surface area (Å²) in [5, 5.41) is 7.40. The van der Waals surface area contributed by atoms with E-state index in [0.29, 0.717) is 37.4 Å². The third-order valence-corrected chi connectivity index (χ3v) is 6.13. The van der Waals surface area contributed by atoms with Gasteiger partial charge >= 0.3 is 6.03 Å². The molecule has 0 saturated carbocycles. The summed E-state index contributed by atoms with van der Waals surface area (Å²) in [6.45, 7) is 11.9. The number of carbonyl (C=O) groups is 1. The number of hydrogen-bond acceptors (Lipinski definition) is 6. The highest BCUT2D eigenvalue weighted by atomic mass is 16.5. The second-order valence-electron chi connectivity index (χ2n) is 9.10. The molecule has 36 heavy (non-hydrogen) atoms. The maximum absolute atomic E-state index is 13.1. The predicted octanol–water partition coefficient (Wildman–Crippen LogP) is 6.08. The lowest BCUT2D eigenvalue weighted by atomic mass is 9.94. The standard InChI is InChI=1S/C28H34N4O4/c1-6-34-22-12-8-20(9-13-22)25-24(19(5)32(28(33)29-25)17-16-18(3)4)27-30-26(31-36-27)21-10-14-23(15-11-21)35-7-2/h8-15,18,25H,6-7,16-17H2,1-5H3,(H,29,33). The Morgan fingerprint density at radius 2 is 1.61 bits per heavy atom. The van der Waals surface area contributed by atoms with Gasteiger partial charge in [-0.1, -0.05) is 31.1 Å². The number of carbonyl (C=O) groups excluding carboxylic acids is 1. The lowest BCUT2D eigenvalue weighted by Crippen LogP contribution is -2.46. The van der Waals surface area contributed by atoms with E-state index in [1.54, 1.807) is 4.90 Å². The average molecular weight is 491 g/mol. The molecule has 0 saturated heterocycles. The Balaban J connectivity index is 1.72. The summed E-state index contributed by atoms with van der Waals surface area (Å²) in [5.74, 6) is 2.89. The van der Waals surface area contributed by atoms with Gasteiger partial charge in [-0.15, -0.1) is 0 Å². The number of rotatable bonds is 10. The molecule has 1 aromatic heterocycles. The third-order valence-electron chi connectivity index (χ3n) is 6.13. The van der Waals surface area contributed by atoms with Crippen molar-refractivity contribution in [3.8, 4) is 22.9 Å². The molecule has 8 heteroatoms. The van der Waals surface area contributed by atoms with Crippen LogP contribution in [0.5, 0.6) is 11.5 Å². The molecule has 1 unspecified atom stereocenters. The Morgan fingerprint density at radius 3 is 2.19 bits per heavy atom. The van der Waals surface area contributed by atoms with Gasteiger partial charge < -0.3 is 19.3 Å². The van der Waals surface area contributed by atoms with Crippen molar-refractivity contribution in [3.05, 3.63) is 65.7 Å². The first kappa shape index (κ1) is 25.3. The fraction of sp³-hybridized carbons (Fsp3) is 0.393. The van der Waals surface area contributed by atoms with Crippen LogP contribution in [0.25, 0.3) is 17.0 Å². The first-order chi connectivity index (χ1) is 17.4. The number of amides is 2. The summed E-state index contributed by atoms with van der Waals surface area (Å²) in [5.41, 5.74) is 3.32.